The van der Waals surface area contributed by atoms with Crippen molar-refractivity contribution in [1.82, 2.24) is 5.32 Å². The maximum absolute atomic E-state index is 12.7. The molecule has 0 saturated heterocycles. The van der Waals surface area contributed by atoms with E-state index in [9.17, 15) is 4.79 Å². The van der Waals surface area contributed by atoms with Crippen molar-refractivity contribution in [1.29, 1.82) is 0 Å². The predicted molar refractivity (Wildman–Crippen MR) is 87.2 cm³/mol. The number of halogens is 1. The van der Waals surface area contributed by atoms with Crippen molar-refractivity contribution in [2.45, 2.75) is 51.5 Å². The van der Waals surface area contributed by atoms with Gasteiger partial charge in [0.2, 0.25) is 5.91 Å². The van der Waals surface area contributed by atoms with Gasteiger partial charge < -0.3 is 5.32 Å². The zero-order valence-electron chi connectivity index (χ0n) is 12.6. The van der Waals surface area contributed by atoms with Gasteiger partial charge in [-0.2, -0.15) is 0 Å². The van der Waals surface area contributed by atoms with Crippen LogP contribution in [0.4, 0.5) is 0 Å². The van der Waals surface area contributed by atoms with E-state index >= 15 is 0 Å². The zero-order valence-corrected chi connectivity index (χ0v) is 14.2. The molecule has 1 aromatic rings. The van der Waals surface area contributed by atoms with Gasteiger partial charge in [0.15, 0.2) is 0 Å². The molecule has 0 spiro atoms. The summed E-state index contributed by atoms with van der Waals surface area (Å²) in [6, 6.07) is 10.4. The van der Waals surface area contributed by atoms with Crippen molar-refractivity contribution in [3.8, 4) is 0 Å². The lowest BCUT2D eigenvalue weighted by Gasteiger charge is -2.32. The Labute approximate surface area is 130 Å². The summed E-state index contributed by atoms with van der Waals surface area (Å²) in [5, 5.41) is 4.20. The van der Waals surface area contributed by atoms with Crippen LogP contribution in [-0.2, 0) is 10.2 Å². The molecule has 1 saturated carbocycles. The Morgan fingerprint density at radius 2 is 1.90 bits per heavy atom. The second-order valence-electron chi connectivity index (χ2n) is 6.82. The quantitative estimate of drug-likeness (QED) is 0.807. The van der Waals surface area contributed by atoms with Crippen molar-refractivity contribution >= 4 is 21.8 Å². The molecule has 1 fully saturated rings. The van der Waals surface area contributed by atoms with Gasteiger partial charge in [0.25, 0.3) is 0 Å². The lowest BCUT2D eigenvalue weighted by Crippen LogP contribution is -2.47. The van der Waals surface area contributed by atoms with E-state index in [2.05, 4.69) is 54.2 Å². The van der Waals surface area contributed by atoms with Gasteiger partial charge in [-0.3, -0.25) is 4.79 Å². The van der Waals surface area contributed by atoms with Gasteiger partial charge in [0.05, 0.1) is 5.41 Å². The van der Waals surface area contributed by atoms with Gasteiger partial charge in [0, 0.05) is 11.4 Å². The van der Waals surface area contributed by atoms with Crippen LogP contribution in [0.15, 0.2) is 30.3 Å². The summed E-state index contributed by atoms with van der Waals surface area (Å²) < 4.78 is 0. The summed E-state index contributed by atoms with van der Waals surface area (Å²) in [6.45, 7) is 6.55. The summed E-state index contributed by atoms with van der Waals surface area (Å²) in [4.78, 5) is 12.7. The third kappa shape index (κ3) is 3.25. The van der Waals surface area contributed by atoms with Gasteiger partial charge in [-0.1, -0.05) is 67.0 Å². The highest BCUT2D eigenvalue weighted by molar-refractivity contribution is 9.09. The number of rotatable bonds is 5. The van der Waals surface area contributed by atoms with Gasteiger partial charge >= 0.3 is 0 Å². The fourth-order valence-corrected chi connectivity index (χ4v) is 3.11. The fraction of sp³-hybridized carbons (Fsp3) is 0.588. The maximum Gasteiger partial charge on any atom is 0.230 e. The molecular weight excluding hydrogens is 314 g/mol. The van der Waals surface area contributed by atoms with Gasteiger partial charge in [-0.05, 0) is 30.2 Å². The average Bonchev–Trinajstić information content (AvgIpc) is 3.19. The standard InChI is InChI=1S/C17H24BrNO/c1-16(2,3)14(9-12-18)19-15(20)17(10-11-17)13-7-5-4-6-8-13/h4-8,14H,9-12H2,1-3H3,(H,19,20). The Kier molecular flexibility index (Phi) is 4.58. The van der Waals surface area contributed by atoms with E-state index in [1.54, 1.807) is 0 Å². The molecule has 1 atom stereocenters. The number of hydrogen-bond acceptors (Lipinski definition) is 1. The molecule has 0 aromatic heterocycles. The van der Waals surface area contributed by atoms with Crippen LogP contribution in [0, 0.1) is 5.41 Å². The first-order chi connectivity index (χ1) is 9.40. The highest BCUT2D eigenvalue weighted by atomic mass is 79.9. The first-order valence-corrected chi connectivity index (χ1v) is 8.45. The van der Waals surface area contributed by atoms with Gasteiger partial charge in [-0.15, -0.1) is 0 Å². The summed E-state index contributed by atoms with van der Waals surface area (Å²) in [6.07, 6.45) is 2.89. The van der Waals surface area contributed by atoms with Crippen LogP contribution in [0.5, 0.6) is 0 Å². The second-order valence-corrected chi connectivity index (χ2v) is 7.61. The minimum atomic E-state index is -0.267. The lowest BCUT2D eigenvalue weighted by atomic mass is 9.84. The Hall–Kier alpha value is -0.830. The molecule has 0 bridgehead atoms. The largest absolute Gasteiger partial charge is 0.352 e. The first kappa shape index (κ1) is 15.6. The monoisotopic (exact) mass is 337 g/mol. The molecule has 0 heterocycles. The fourth-order valence-electron chi connectivity index (χ4n) is 2.66. The van der Waals surface area contributed by atoms with E-state index in [1.165, 1.54) is 0 Å². The van der Waals surface area contributed by atoms with E-state index in [1.807, 2.05) is 18.2 Å². The van der Waals surface area contributed by atoms with Crippen LogP contribution in [-0.4, -0.2) is 17.3 Å². The van der Waals surface area contributed by atoms with Crippen LogP contribution in [0.2, 0.25) is 0 Å². The molecule has 1 unspecified atom stereocenters. The summed E-state index contributed by atoms with van der Waals surface area (Å²) in [5.41, 5.74) is 0.969. The zero-order chi connectivity index (χ0) is 14.8. The SMILES string of the molecule is CC(C)(C)C(CCBr)NC(=O)C1(c2ccccc2)CC1. The Balaban J connectivity index is 2.12. The number of alkyl halides is 1. The molecule has 1 N–H and O–H groups in total. The molecule has 110 valence electrons. The third-order valence-electron chi connectivity index (χ3n) is 4.26. The highest BCUT2D eigenvalue weighted by Gasteiger charge is 2.51. The molecule has 2 rings (SSSR count). The number of carbonyl (C=O) groups is 1. The summed E-state index contributed by atoms with van der Waals surface area (Å²) in [7, 11) is 0. The molecule has 2 nitrogen and oxygen atoms in total. The van der Waals surface area contributed by atoms with E-state index in [4.69, 9.17) is 0 Å². The van der Waals surface area contributed by atoms with Crippen LogP contribution in [0.1, 0.15) is 45.6 Å². The summed E-state index contributed by atoms with van der Waals surface area (Å²) >= 11 is 3.49. The van der Waals surface area contributed by atoms with Crippen molar-refractivity contribution in [2.24, 2.45) is 5.41 Å². The van der Waals surface area contributed by atoms with Crippen LogP contribution in [0.25, 0.3) is 0 Å². The van der Waals surface area contributed by atoms with E-state index in [0.717, 1.165) is 30.2 Å². The van der Waals surface area contributed by atoms with Crippen molar-refractivity contribution < 1.29 is 4.79 Å². The first-order valence-electron chi connectivity index (χ1n) is 7.32. The molecule has 1 aliphatic rings. The van der Waals surface area contributed by atoms with E-state index in [-0.39, 0.29) is 22.8 Å². The number of carbonyl (C=O) groups excluding carboxylic acids is 1. The Morgan fingerprint density at radius 3 is 2.35 bits per heavy atom. The average molecular weight is 338 g/mol. The smallest absolute Gasteiger partial charge is 0.230 e. The van der Waals surface area contributed by atoms with Crippen LogP contribution < -0.4 is 5.32 Å². The molecule has 0 radical (unpaired) electrons. The third-order valence-corrected chi connectivity index (χ3v) is 4.72. The minimum absolute atomic E-state index is 0.0796. The summed E-state index contributed by atoms with van der Waals surface area (Å²) in [5.74, 6) is 0.199. The van der Waals surface area contributed by atoms with Crippen LogP contribution >= 0.6 is 15.9 Å². The van der Waals surface area contributed by atoms with Crippen molar-refractivity contribution in [3.63, 3.8) is 0 Å². The molecule has 1 aliphatic carbocycles. The molecule has 3 heteroatoms. The second kappa shape index (κ2) is 5.88. The number of nitrogens with one attached hydrogen (secondary N) is 1. The number of hydrogen-bond donors (Lipinski definition) is 1. The van der Waals surface area contributed by atoms with Gasteiger partial charge in [0.1, 0.15) is 0 Å². The van der Waals surface area contributed by atoms with Gasteiger partial charge in [-0.25, -0.2) is 0 Å². The minimum Gasteiger partial charge on any atom is -0.352 e. The Bertz CT molecular complexity index is 460. The highest BCUT2D eigenvalue weighted by Crippen LogP contribution is 2.48. The van der Waals surface area contributed by atoms with E-state index < -0.39 is 0 Å². The molecule has 0 aliphatic heterocycles. The van der Waals surface area contributed by atoms with E-state index in [0.29, 0.717) is 0 Å². The Morgan fingerprint density at radius 1 is 1.30 bits per heavy atom. The topological polar surface area (TPSA) is 29.1 Å². The molecule has 1 aromatic carbocycles. The number of benzene rings is 1. The molecular formula is C17H24BrNO. The number of amides is 1. The predicted octanol–water partition coefficient (Wildman–Crippen LogP) is 4.03. The van der Waals surface area contributed by atoms with Crippen molar-refractivity contribution in [2.75, 3.05) is 5.33 Å². The van der Waals surface area contributed by atoms with Crippen LogP contribution in [0.3, 0.4) is 0 Å². The maximum atomic E-state index is 12.7. The molecule has 1 amide bonds. The normalized spacial score (nSPS) is 18.4. The molecule has 20 heavy (non-hydrogen) atoms. The lowest BCUT2D eigenvalue weighted by molar-refractivity contribution is -0.125. The van der Waals surface area contributed by atoms with Crippen molar-refractivity contribution in [3.05, 3.63) is 35.9 Å².